The van der Waals surface area contributed by atoms with Gasteiger partial charge in [0, 0.05) is 18.4 Å². The van der Waals surface area contributed by atoms with Gasteiger partial charge in [-0.15, -0.1) is 0 Å². The second-order valence-corrected chi connectivity index (χ2v) is 4.79. The first-order chi connectivity index (χ1) is 11.3. The predicted octanol–water partition coefficient (Wildman–Crippen LogP) is 0.262. The second kappa shape index (κ2) is 9.03. The summed E-state index contributed by atoms with van der Waals surface area (Å²) in [5, 5.41) is 22.1. The summed E-state index contributed by atoms with van der Waals surface area (Å²) in [6.07, 6.45) is -0.991. The fourth-order valence-corrected chi connectivity index (χ4v) is 1.90. The molecule has 0 aliphatic heterocycles. The van der Waals surface area contributed by atoms with Crippen LogP contribution in [-0.4, -0.2) is 46.3 Å². The fourth-order valence-electron chi connectivity index (χ4n) is 1.90. The average molecular weight is 336 g/mol. The summed E-state index contributed by atoms with van der Waals surface area (Å²) in [6, 6.07) is 4.53. The molecule has 0 heterocycles. The highest BCUT2D eigenvalue weighted by Crippen LogP contribution is 2.17. The van der Waals surface area contributed by atoms with Crippen molar-refractivity contribution in [3.63, 3.8) is 0 Å². The number of carboxylic acid groups (broad SMARTS) is 2. The van der Waals surface area contributed by atoms with Crippen LogP contribution < -0.4 is 10.6 Å². The molecule has 0 fully saturated rings. The smallest absolute Gasteiger partial charge is 0.326 e. The first-order valence-electron chi connectivity index (χ1n) is 6.91. The Bertz CT molecular complexity index is 657. The van der Waals surface area contributed by atoms with E-state index in [1.54, 1.807) is 12.1 Å². The van der Waals surface area contributed by atoms with Crippen molar-refractivity contribution in [3.05, 3.63) is 29.8 Å². The maximum absolute atomic E-state index is 12.2. The molecule has 9 heteroatoms. The van der Waals surface area contributed by atoms with Crippen molar-refractivity contribution in [1.82, 2.24) is 5.32 Å². The van der Waals surface area contributed by atoms with Crippen LogP contribution in [0.1, 0.15) is 29.6 Å². The Morgan fingerprint density at radius 2 is 1.75 bits per heavy atom. The van der Waals surface area contributed by atoms with Crippen molar-refractivity contribution < 1.29 is 34.2 Å². The van der Waals surface area contributed by atoms with Crippen LogP contribution in [-0.2, 0) is 19.2 Å². The number of hydrogen-bond donors (Lipinski definition) is 4. The quantitative estimate of drug-likeness (QED) is 0.353. The highest BCUT2D eigenvalue weighted by Gasteiger charge is 2.25. The molecule has 1 rings (SSSR count). The van der Waals surface area contributed by atoms with Crippen molar-refractivity contribution in [2.24, 2.45) is 0 Å². The molecule has 4 N–H and O–H groups in total. The monoisotopic (exact) mass is 336 g/mol. The minimum Gasteiger partial charge on any atom is -0.481 e. The Kier molecular flexibility index (Phi) is 7.08. The van der Waals surface area contributed by atoms with E-state index in [9.17, 15) is 24.0 Å². The van der Waals surface area contributed by atoms with Crippen LogP contribution in [0.25, 0.3) is 0 Å². The summed E-state index contributed by atoms with van der Waals surface area (Å²) in [6.45, 7) is 0. The molecule has 0 aliphatic carbocycles. The molecule has 128 valence electrons. The molecular formula is C15H16N2O7. The maximum atomic E-state index is 12.2. The van der Waals surface area contributed by atoms with E-state index >= 15 is 0 Å². The third-order valence-corrected chi connectivity index (χ3v) is 3.03. The van der Waals surface area contributed by atoms with Gasteiger partial charge in [-0.3, -0.25) is 19.2 Å². The molecule has 0 radical (unpaired) electrons. The zero-order valence-corrected chi connectivity index (χ0v) is 12.5. The van der Waals surface area contributed by atoms with E-state index in [2.05, 4.69) is 10.6 Å². The summed E-state index contributed by atoms with van der Waals surface area (Å²) in [5.74, 6) is -3.99. The Morgan fingerprint density at radius 1 is 1.08 bits per heavy atom. The van der Waals surface area contributed by atoms with E-state index < -0.39 is 48.9 Å². The number of anilines is 1. The summed E-state index contributed by atoms with van der Waals surface area (Å²) in [4.78, 5) is 55.9. The van der Waals surface area contributed by atoms with Crippen LogP contribution in [0.5, 0.6) is 0 Å². The molecule has 24 heavy (non-hydrogen) atoms. The van der Waals surface area contributed by atoms with Crippen LogP contribution in [0.2, 0.25) is 0 Å². The number of ketones is 1. The zero-order valence-electron chi connectivity index (χ0n) is 12.5. The van der Waals surface area contributed by atoms with Crippen molar-refractivity contribution in [1.29, 1.82) is 0 Å². The summed E-state index contributed by atoms with van der Waals surface area (Å²) < 4.78 is 0. The molecule has 0 aliphatic rings. The number of para-hydroxylation sites is 1. The van der Waals surface area contributed by atoms with Gasteiger partial charge >= 0.3 is 11.9 Å². The number of aliphatic carboxylic acids is 2. The van der Waals surface area contributed by atoms with Gasteiger partial charge in [0.05, 0.1) is 12.1 Å². The number of rotatable bonds is 10. The molecule has 1 aromatic rings. The van der Waals surface area contributed by atoms with Crippen molar-refractivity contribution >= 4 is 35.7 Å². The van der Waals surface area contributed by atoms with Gasteiger partial charge in [-0.2, -0.15) is 0 Å². The summed E-state index contributed by atoms with van der Waals surface area (Å²) in [5.41, 5.74) is 0.328. The number of amides is 2. The Hall–Kier alpha value is -3.23. The topological polar surface area (TPSA) is 150 Å². The molecule has 1 unspecified atom stereocenters. The number of carbonyl (C=O) groups excluding carboxylic acids is 3. The number of carbonyl (C=O) groups is 5. The van der Waals surface area contributed by atoms with Gasteiger partial charge in [0.1, 0.15) is 6.04 Å². The second-order valence-electron chi connectivity index (χ2n) is 4.79. The summed E-state index contributed by atoms with van der Waals surface area (Å²) in [7, 11) is 0. The van der Waals surface area contributed by atoms with Crippen LogP contribution in [0.3, 0.4) is 0 Å². The standard InChI is InChI=1S/C15H16N2O7/c18-8-16-10-4-2-1-3-9(10)12(19)7-11(15(23)24)17-13(20)5-6-14(21)22/h1-4,8,11H,5-7H2,(H,16,18)(H,17,20)(H,21,22)(H,23,24). The van der Waals surface area contributed by atoms with Crippen molar-refractivity contribution in [3.8, 4) is 0 Å². The lowest BCUT2D eigenvalue weighted by Crippen LogP contribution is -2.42. The first kappa shape index (κ1) is 18.8. The molecular weight excluding hydrogens is 320 g/mol. The highest BCUT2D eigenvalue weighted by molar-refractivity contribution is 6.04. The lowest BCUT2D eigenvalue weighted by molar-refractivity contribution is -0.142. The minimum atomic E-state index is -1.50. The zero-order chi connectivity index (χ0) is 18.1. The Labute approximate surface area is 136 Å². The number of Topliss-reactive ketones (excluding diaryl/α,β-unsaturated/α-hetero) is 1. The van der Waals surface area contributed by atoms with E-state index in [0.717, 1.165) is 0 Å². The maximum Gasteiger partial charge on any atom is 0.326 e. The van der Waals surface area contributed by atoms with Gasteiger partial charge in [0.15, 0.2) is 5.78 Å². The van der Waals surface area contributed by atoms with Crippen LogP contribution in [0, 0.1) is 0 Å². The molecule has 0 aromatic heterocycles. The average Bonchev–Trinajstić information content (AvgIpc) is 2.53. The van der Waals surface area contributed by atoms with Gasteiger partial charge in [0.25, 0.3) is 0 Å². The lowest BCUT2D eigenvalue weighted by atomic mass is 10.0. The Morgan fingerprint density at radius 3 is 2.33 bits per heavy atom. The third-order valence-electron chi connectivity index (χ3n) is 3.03. The molecule has 1 aromatic carbocycles. The van der Waals surface area contributed by atoms with E-state index in [1.807, 2.05) is 0 Å². The molecule has 9 nitrogen and oxygen atoms in total. The van der Waals surface area contributed by atoms with Crippen LogP contribution in [0.15, 0.2) is 24.3 Å². The third kappa shape index (κ3) is 5.87. The predicted molar refractivity (Wildman–Crippen MR) is 81.5 cm³/mol. The molecule has 1 atom stereocenters. The van der Waals surface area contributed by atoms with Gasteiger partial charge < -0.3 is 20.8 Å². The van der Waals surface area contributed by atoms with Gasteiger partial charge in [-0.1, -0.05) is 12.1 Å². The molecule has 2 amide bonds. The molecule has 0 bridgehead atoms. The van der Waals surface area contributed by atoms with Crippen LogP contribution in [0.4, 0.5) is 5.69 Å². The summed E-state index contributed by atoms with van der Waals surface area (Å²) >= 11 is 0. The number of benzene rings is 1. The van der Waals surface area contributed by atoms with Gasteiger partial charge in [-0.05, 0) is 12.1 Å². The largest absolute Gasteiger partial charge is 0.481 e. The Balaban J connectivity index is 2.80. The lowest BCUT2D eigenvalue weighted by Gasteiger charge is -2.14. The van der Waals surface area contributed by atoms with Crippen molar-refractivity contribution in [2.75, 3.05) is 5.32 Å². The van der Waals surface area contributed by atoms with Gasteiger partial charge in [0.2, 0.25) is 12.3 Å². The number of nitrogens with one attached hydrogen (secondary N) is 2. The fraction of sp³-hybridized carbons (Fsp3) is 0.267. The normalized spacial score (nSPS) is 11.2. The van der Waals surface area contributed by atoms with E-state index in [1.165, 1.54) is 12.1 Å². The number of carboxylic acids is 2. The minimum absolute atomic E-state index is 0.107. The first-order valence-corrected chi connectivity index (χ1v) is 6.91. The van der Waals surface area contributed by atoms with Crippen molar-refractivity contribution in [2.45, 2.75) is 25.3 Å². The van der Waals surface area contributed by atoms with Gasteiger partial charge in [-0.25, -0.2) is 4.79 Å². The van der Waals surface area contributed by atoms with E-state index in [-0.39, 0.29) is 11.3 Å². The molecule has 0 saturated carbocycles. The van der Waals surface area contributed by atoms with E-state index in [4.69, 9.17) is 10.2 Å². The SMILES string of the molecule is O=CNc1ccccc1C(=O)CC(NC(=O)CCC(=O)O)C(=O)O. The highest BCUT2D eigenvalue weighted by atomic mass is 16.4. The molecule has 0 saturated heterocycles. The van der Waals surface area contributed by atoms with Crippen LogP contribution >= 0.6 is 0 Å². The number of hydrogen-bond acceptors (Lipinski definition) is 5. The molecule has 0 spiro atoms. The van der Waals surface area contributed by atoms with E-state index in [0.29, 0.717) is 6.41 Å².